The Balaban J connectivity index is 2.25. The minimum atomic E-state index is -0.622. The molecule has 0 aliphatic heterocycles. The highest BCUT2D eigenvalue weighted by molar-refractivity contribution is 6.03. The van der Waals surface area contributed by atoms with E-state index in [9.17, 15) is 14.4 Å². The second-order valence-corrected chi connectivity index (χ2v) is 5.82. The summed E-state index contributed by atoms with van der Waals surface area (Å²) in [5.74, 6) is 0.166. The van der Waals surface area contributed by atoms with Crippen LogP contribution in [0, 0.1) is 13.8 Å². The molecule has 2 N–H and O–H groups in total. The molecular weight excluding hydrogens is 282 g/mol. The number of hydrogen-bond donors (Lipinski definition) is 1. The SMILES string of the molecule is Cc1cc(N)c2c(=O)n([C@H]3CCC(=O)CC3=O)c(C)nc2c1. The average Bonchev–Trinajstić information content (AvgIpc) is 2.39. The summed E-state index contributed by atoms with van der Waals surface area (Å²) in [5.41, 5.74) is 7.48. The van der Waals surface area contributed by atoms with Crippen molar-refractivity contribution in [2.75, 3.05) is 5.73 Å². The molecule has 22 heavy (non-hydrogen) atoms. The Labute approximate surface area is 127 Å². The third-order valence-corrected chi connectivity index (χ3v) is 4.11. The second-order valence-electron chi connectivity index (χ2n) is 5.82. The van der Waals surface area contributed by atoms with E-state index in [0.29, 0.717) is 35.3 Å². The number of nitrogens with two attached hydrogens (primary N) is 1. The lowest BCUT2D eigenvalue weighted by Gasteiger charge is -2.24. The molecule has 6 heteroatoms. The van der Waals surface area contributed by atoms with Crippen LogP contribution in [0.25, 0.3) is 10.9 Å². The van der Waals surface area contributed by atoms with E-state index < -0.39 is 6.04 Å². The lowest BCUT2D eigenvalue weighted by Crippen LogP contribution is -2.36. The number of benzene rings is 1. The predicted octanol–water partition coefficient (Wildman–Crippen LogP) is 1.46. The third kappa shape index (κ3) is 2.20. The van der Waals surface area contributed by atoms with Gasteiger partial charge in [-0.2, -0.15) is 0 Å². The molecule has 114 valence electrons. The van der Waals surface area contributed by atoms with Crippen LogP contribution in [0.4, 0.5) is 5.69 Å². The van der Waals surface area contributed by atoms with Crippen LogP contribution >= 0.6 is 0 Å². The van der Waals surface area contributed by atoms with Crippen LogP contribution < -0.4 is 11.3 Å². The van der Waals surface area contributed by atoms with Gasteiger partial charge in [0.2, 0.25) is 0 Å². The van der Waals surface area contributed by atoms with Crippen molar-refractivity contribution in [2.45, 2.75) is 39.2 Å². The quantitative estimate of drug-likeness (QED) is 0.635. The number of nitrogen functional groups attached to an aromatic ring is 1. The summed E-state index contributed by atoms with van der Waals surface area (Å²) in [7, 11) is 0. The molecule has 0 amide bonds. The van der Waals surface area contributed by atoms with Gasteiger partial charge in [0.15, 0.2) is 5.78 Å². The molecular formula is C16H17N3O3. The number of carbonyl (C=O) groups is 2. The molecule has 1 aliphatic rings. The maximum Gasteiger partial charge on any atom is 0.264 e. The number of fused-ring (bicyclic) bond motifs is 1. The van der Waals surface area contributed by atoms with Crippen LogP contribution in [0.3, 0.4) is 0 Å². The smallest absolute Gasteiger partial charge is 0.264 e. The number of ketones is 2. The first-order valence-corrected chi connectivity index (χ1v) is 7.22. The summed E-state index contributed by atoms with van der Waals surface area (Å²) in [5, 5.41) is 0.334. The van der Waals surface area contributed by atoms with Gasteiger partial charge in [0.25, 0.3) is 5.56 Å². The molecule has 3 rings (SSSR count). The van der Waals surface area contributed by atoms with E-state index in [4.69, 9.17) is 5.73 Å². The molecule has 1 saturated carbocycles. The lowest BCUT2D eigenvalue weighted by atomic mass is 9.92. The highest BCUT2D eigenvalue weighted by Crippen LogP contribution is 2.25. The van der Waals surface area contributed by atoms with Gasteiger partial charge >= 0.3 is 0 Å². The Bertz CT molecular complexity index is 867. The van der Waals surface area contributed by atoms with Crippen molar-refractivity contribution in [1.82, 2.24) is 9.55 Å². The van der Waals surface area contributed by atoms with Gasteiger partial charge in [0.05, 0.1) is 23.4 Å². The van der Waals surface area contributed by atoms with Gasteiger partial charge in [-0.1, -0.05) is 0 Å². The number of aryl methyl sites for hydroxylation is 2. The zero-order valence-electron chi connectivity index (χ0n) is 12.5. The highest BCUT2D eigenvalue weighted by Gasteiger charge is 2.30. The van der Waals surface area contributed by atoms with Gasteiger partial charge in [-0.25, -0.2) is 4.98 Å². The fraction of sp³-hybridized carbons (Fsp3) is 0.375. The molecule has 0 saturated heterocycles. The first-order valence-electron chi connectivity index (χ1n) is 7.22. The summed E-state index contributed by atoms with van der Waals surface area (Å²) in [6, 6.07) is 2.90. The molecule has 1 heterocycles. The molecule has 1 aliphatic carbocycles. The molecule has 0 unspecified atom stereocenters. The van der Waals surface area contributed by atoms with E-state index in [1.165, 1.54) is 4.57 Å². The second kappa shape index (κ2) is 5.05. The van der Waals surface area contributed by atoms with E-state index in [1.807, 2.05) is 6.92 Å². The Morgan fingerprint density at radius 1 is 1.23 bits per heavy atom. The number of Topliss-reactive ketones (excluding diaryl/α,β-unsaturated/α-hetero) is 2. The average molecular weight is 299 g/mol. The van der Waals surface area contributed by atoms with Gasteiger partial charge < -0.3 is 5.73 Å². The van der Waals surface area contributed by atoms with Crippen LogP contribution in [-0.4, -0.2) is 21.1 Å². The molecule has 6 nitrogen and oxygen atoms in total. The first kappa shape index (κ1) is 14.4. The van der Waals surface area contributed by atoms with E-state index in [0.717, 1.165) is 5.56 Å². The number of aromatic nitrogens is 2. The standard InChI is InChI=1S/C16H17N3O3/c1-8-5-11(17)15-12(6-8)18-9(2)19(16(15)22)13-4-3-10(20)7-14(13)21/h5-6,13H,3-4,7,17H2,1-2H3/t13-/m0/s1. The van der Waals surface area contributed by atoms with Crippen molar-refractivity contribution in [3.63, 3.8) is 0 Å². The third-order valence-electron chi connectivity index (χ3n) is 4.11. The molecule has 1 fully saturated rings. The maximum absolute atomic E-state index is 12.8. The molecule has 0 spiro atoms. The molecule has 1 aromatic heterocycles. The van der Waals surface area contributed by atoms with Crippen LogP contribution in [-0.2, 0) is 9.59 Å². The maximum atomic E-state index is 12.8. The number of anilines is 1. The Hall–Kier alpha value is -2.50. The van der Waals surface area contributed by atoms with Gasteiger partial charge in [-0.05, 0) is 38.0 Å². The van der Waals surface area contributed by atoms with Crippen LogP contribution in [0.2, 0.25) is 0 Å². The zero-order valence-corrected chi connectivity index (χ0v) is 12.5. The topological polar surface area (TPSA) is 95.0 Å². The van der Waals surface area contributed by atoms with Gasteiger partial charge in [0, 0.05) is 12.1 Å². The zero-order chi connectivity index (χ0) is 16.0. The molecule has 0 bridgehead atoms. The summed E-state index contributed by atoms with van der Waals surface area (Å²) >= 11 is 0. The summed E-state index contributed by atoms with van der Waals surface area (Å²) in [6.45, 7) is 3.58. The Kier molecular flexibility index (Phi) is 3.31. The number of carbonyl (C=O) groups excluding carboxylic acids is 2. The van der Waals surface area contributed by atoms with Crippen LogP contribution in [0.5, 0.6) is 0 Å². The van der Waals surface area contributed by atoms with E-state index in [2.05, 4.69) is 4.98 Å². The van der Waals surface area contributed by atoms with Gasteiger partial charge in [-0.3, -0.25) is 19.0 Å². The van der Waals surface area contributed by atoms with Crippen molar-refractivity contribution in [2.24, 2.45) is 0 Å². The van der Waals surface area contributed by atoms with Gasteiger partial charge in [-0.15, -0.1) is 0 Å². The predicted molar refractivity (Wildman–Crippen MR) is 82.8 cm³/mol. The Morgan fingerprint density at radius 2 is 1.95 bits per heavy atom. The van der Waals surface area contributed by atoms with Crippen molar-refractivity contribution in [3.05, 3.63) is 33.9 Å². The summed E-state index contributed by atoms with van der Waals surface area (Å²) in [6.07, 6.45) is 0.541. The van der Waals surface area contributed by atoms with Crippen LogP contribution in [0.15, 0.2) is 16.9 Å². The number of nitrogens with zero attached hydrogens (tertiary/aromatic N) is 2. The highest BCUT2D eigenvalue weighted by atomic mass is 16.2. The van der Waals surface area contributed by atoms with Crippen molar-refractivity contribution in [1.29, 1.82) is 0 Å². The Morgan fingerprint density at radius 3 is 2.64 bits per heavy atom. The van der Waals surface area contributed by atoms with Crippen molar-refractivity contribution in [3.8, 4) is 0 Å². The summed E-state index contributed by atoms with van der Waals surface area (Å²) in [4.78, 5) is 40.8. The van der Waals surface area contributed by atoms with Crippen LogP contribution in [0.1, 0.15) is 36.7 Å². The summed E-state index contributed by atoms with van der Waals surface area (Å²) < 4.78 is 1.39. The van der Waals surface area contributed by atoms with E-state index in [1.54, 1.807) is 19.1 Å². The molecule has 2 aromatic rings. The van der Waals surface area contributed by atoms with E-state index >= 15 is 0 Å². The van der Waals surface area contributed by atoms with Crippen molar-refractivity contribution >= 4 is 28.2 Å². The molecule has 1 aromatic carbocycles. The molecule has 1 atom stereocenters. The number of rotatable bonds is 1. The fourth-order valence-electron chi connectivity index (χ4n) is 3.11. The van der Waals surface area contributed by atoms with E-state index in [-0.39, 0.29) is 23.5 Å². The minimum absolute atomic E-state index is 0.0733. The monoisotopic (exact) mass is 299 g/mol. The molecule has 0 radical (unpaired) electrons. The fourth-order valence-corrected chi connectivity index (χ4v) is 3.11. The minimum Gasteiger partial charge on any atom is -0.398 e. The lowest BCUT2D eigenvalue weighted by molar-refractivity contribution is -0.132. The van der Waals surface area contributed by atoms with Crippen molar-refractivity contribution < 1.29 is 9.59 Å². The van der Waals surface area contributed by atoms with Gasteiger partial charge in [0.1, 0.15) is 11.6 Å². The largest absolute Gasteiger partial charge is 0.398 e. The number of hydrogen-bond acceptors (Lipinski definition) is 5. The normalized spacial score (nSPS) is 18.9. The first-order chi connectivity index (χ1) is 10.4.